The van der Waals surface area contributed by atoms with Crippen molar-refractivity contribution in [3.63, 3.8) is 0 Å². The lowest BCUT2D eigenvalue weighted by Gasteiger charge is -2.34. The zero-order valence-corrected chi connectivity index (χ0v) is 16.4. The summed E-state index contributed by atoms with van der Waals surface area (Å²) in [4.78, 5) is 14.2. The van der Waals surface area contributed by atoms with Crippen molar-refractivity contribution in [2.75, 3.05) is 48.0 Å². The number of amides is 2. The zero-order valence-electron chi connectivity index (χ0n) is 14.9. The maximum Gasteiger partial charge on any atom is 0.323 e. The van der Waals surface area contributed by atoms with Gasteiger partial charge in [-0.15, -0.1) is 0 Å². The number of nitrogens with zero attached hydrogens (tertiary/aromatic N) is 2. The van der Waals surface area contributed by atoms with Crippen LogP contribution in [0.4, 0.5) is 21.9 Å². The predicted octanol–water partition coefficient (Wildman–Crippen LogP) is 3.07. The Hall–Kier alpha value is -2.29. The lowest BCUT2D eigenvalue weighted by atomic mass is 10.2. The van der Waals surface area contributed by atoms with Crippen molar-refractivity contribution in [2.45, 2.75) is 0 Å². The maximum atomic E-state index is 12.1. The SMILES string of the molecule is CS(=O)(=O)N1CCN(c2ccc(NC(=O)Nc3cccc(Cl)c3)cc2)CC1. The summed E-state index contributed by atoms with van der Waals surface area (Å²) in [5.41, 5.74) is 2.26. The smallest absolute Gasteiger partial charge is 0.323 e. The van der Waals surface area contributed by atoms with Crippen LogP contribution in [0.2, 0.25) is 5.02 Å². The van der Waals surface area contributed by atoms with Crippen molar-refractivity contribution in [1.29, 1.82) is 0 Å². The molecule has 1 heterocycles. The molecule has 2 aromatic carbocycles. The second kappa shape index (κ2) is 8.16. The first-order valence-corrected chi connectivity index (χ1v) is 10.7. The average Bonchev–Trinajstić information content (AvgIpc) is 2.62. The number of urea groups is 1. The summed E-state index contributed by atoms with van der Waals surface area (Å²) >= 11 is 5.90. The minimum atomic E-state index is -3.14. The molecule has 0 spiro atoms. The summed E-state index contributed by atoms with van der Waals surface area (Å²) < 4.78 is 24.6. The van der Waals surface area contributed by atoms with Gasteiger partial charge >= 0.3 is 6.03 Å². The molecule has 2 N–H and O–H groups in total. The van der Waals surface area contributed by atoms with Crippen molar-refractivity contribution in [1.82, 2.24) is 4.31 Å². The van der Waals surface area contributed by atoms with E-state index in [-0.39, 0.29) is 6.03 Å². The number of rotatable bonds is 4. The van der Waals surface area contributed by atoms with Gasteiger partial charge in [0.1, 0.15) is 0 Å². The predicted molar refractivity (Wildman–Crippen MR) is 109 cm³/mol. The summed E-state index contributed by atoms with van der Waals surface area (Å²) in [6.07, 6.45) is 1.23. The van der Waals surface area contributed by atoms with Crippen LogP contribution in [0, 0.1) is 0 Å². The average molecular weight is 409 g/mol. The topological polar surface area (TPSA) is 81.8 Å². The van der Waals surface area contributed by atoms with E-state index in [9.17, 15) is 13.2 Å². The summed E-state index contributed by atoms with van der Waals surface area (Å²) in [6.45, 7) is 2.21. The second-order valence-electron chi connectivity index (χ2n) is 6.29. The van der Waals surface area contributed by atoms with Gasteiger partial charge in [0.2, 0.25) is 10.0 Å². The van der Waals surface area contributed by atoms with E-state index in [2.05, 4.69) is 15.5 Å². The molecule has 0 aliphatic carbocycles. The van der Waals surface area contributed by atoms with Crippen LogP contribution in [-0.4, -0.2) is 51.2 Å². The number of anilines is 3. The number of nitrogens with one attached hydrogen (secondary N) is 2. The number of carbonyl (C=O) groups is 1. The van der Waals surface area contributed by atoms with E-state index in [4.69, 9.17) is 11.6 Å². The van der Waals surface area contributed by atoms with Crippen molar-refractivity contribution in [2.24, 2.45) is 0 Å². The molecule has 0 radical (unpaired) electrons. The fraction of sp³-hybridized carbons (Fsp3) is 0.278. The van der Waals surface area contributed by atoms with Gasteiger partial charge in [0, 0.05) is 48.3 Å². The first-order chi connectivity index (χ1) is 12.8. The van der Waals surface area contributed by atoms with Crippen LogP contribution in [-0.2, 0) is 10.0 Å². The van der Waals surface area contributed by atoms with Crippen LogP contribution < -0.4 is 15.5 Å². The summed E-state index contributed by atoms with van der Waals surface area (Å²) in [5, 5.41) is 6.04. The number of hydrogen-bond acceptors (Lipinski definition) is 4. The van der Waals surface area contributed by atoms with Gasteiger partial charge in [-0.25, -0.2) is 13.2 Å². The molecular formula is C18H21ClN4O3S. The van der Waals surface area contributed by atoms with E-state index in [1.807, 2.05) is 24.3 Å². The molecule has 0 atom stereocenters. The van der Waals surface area contributed by atoms with Crippen LogP contribution in [0.1, 0.15) is 0 Å². The molecule has 0 saturated carbocycles. The number of carbonyl (C=O) groups excluding carboxylic acids is 1. The Morgan fingerprint density at radius 3 is 2.19 bits per heavy atom. The van der Waals surface area contributed by atoms with E-state index in [0.29, 0.717) is 42.6 Å². The third-order valence-electron chi connectivity index (χ3n) is 4.28. The zero-order chi connectivity index (χ0) is 19.4. The number of hydrogen-bond donors (Lipinski definition) is 2. The Labute approximate surface area is 164 Å². The van der Waals surface area contributed by atoms with Crippen LogP contribution in [0.15, 0.2) is 48.5 Å². The lowest BCUT2D eigenvalue weighted by Crippen LogP contribution is -2.48. The highest BCUT2D eigenvalue weighted by Gasteiger charge is 2.23. The summed E-state index contributed by atoms with van der Waals surface area (Å²) in [7, 11) is -3.14. The molecule has 27 heavy (non-hydrogen) atoms. The van der Waals surface area contributed by atoms with E-state index in [1.165, 1.54) is 10.6 Å². The van der Waals surface area contributed by atoms with Crippen molar-refractivity contribution < 1.29 is 13.2 Å². The van der Waals surface area contributed by atoms with Gasteiger partial charge in [-0.05, 0) is 42.5 Å². The number of piperazine rings is 1. The molecule has 144 valence electrons. The van der Waals surface area contributed by atoms with Gasteiger partial charge < -0.3 is 15.5 Å². The highest BCUT2D eigenvalue weighted by Crippen LogP contribution is 2.21. The van der Waals surface area contributed by atoms with Crippen LogP contribution in [0.25, 0.3) is 0 Å². The molecule has 0 unspecified atom stereocenters. The van der Waals surface area contributed by atoms with Gasteiger partial charge in [-0.1, -0.05) is 17.7 Å². The first kappa shape index (κ1) is 19.5. The number of halogens is 1. The van der Waals surface area contributed by atoms with E-state index in [0.717, 1.165) is 5.69 Å². The Balaban J connectivity index is 1.55. The lowest BCUT2D eigenvalue weighted by molar-refractivity contribution is 0.262. The van der Waals surface area contributed by atoms with Crippen molar-refractivity contribution in [3.05, 3.63) is 53.6 Å². The Morgan fingerprint density at radius 2 is 1.59 bits per heavy atom. The third-order valence-corrected chi connectivity index (χ3v) is 5.82. The molecule has 3 rings (SSSR count). The minimum absolute atomic E-state index is 0.355. The van der Waals surface area contributed by atoms with Gasteiger partial charge in [0.15, 0.2) is 0 Å². The molecule has 1 saturated heterocycles. The Kier molecular flexibility index (Phi) is 5.88. The van der Waals surface area contributed by atoms with E-state index >= 15 is 0 Å². The summed E-state index contributed by atoms with van der Waals surface area (Å²) in [5.74, 6) is 0. The van der Waals surface area contributed by atoms with Crippen LogP contribution in [0.3, 0.4) is 0 Å². The molecule has 1 aliphatic rings. The van der Waals surface area contributed by atoms with Crippen molar-refractivity contribution in [3.8, 4) is 0 Å². The van der Waals surface area contributed by atoms with Crippen LogP contribution in [0.5, 0.6) is 0 Å². The van der Waals surface area contributed by atoms with Gasteiger partial charge in [0.05, 0.1) is 6.26 Å². The highest BCUT2D eigenvalue weighted by molar-refractivity contribution is 7.88. The molecule has 9 heteroatoms. The van der Waals surface area contributed by atoms with E-state index in [1.54, 1.807) is 24.3 Å². The van der Waals surface area contributed by atoms with Gasteiger partial charge in [-0.3, -0.25) is 0 Å². The van der Waals surface area contributed by atoms with Gasteiger partial charge in [-0.2, -0.15) is 4.31 Å². The standard InChI is InChI=1S/C18H21ClN4O3S/c1-27(25,26)23-11-9-22(10-12-23)17-7-5-15(6-8-17)20-18(24)21-16-4-2-3-14(19)13-16/h2-8,13H,9-12H2,1H3,(H2,20,21,24). The molecule has 1 fully saturated rings. The van der Waals surface area contributed by atoms with E-state index < -0.39 is 10.0 Å². The normalized spacial score (nSPS) is 15.4. The van der Waals surface area contributed by atoms with Crippen LogP contribution >= 0.6 is 11.6 Å². The van der Waals surface area contributed by atoms with Crippen molar-refractivity contribution >= 4 is 44.7 Å². The number of sulfonamides is 1. The second-order valence-corrected chi connectivity index (χ2v) is 8.70. The largest absolute Gasteiger partial charge is 0.369 e. The highest BCUT2D eigenvalue weighted by atomic mass is 35.5. The first-order valence-electron chi connectivity index (χ1n) is 8.45. The molecule has 2 aromatic rings. The third kappa shape index (κ3) is 5.35. The Morgan fingerprint density at radius 1 is 0.963 bits per heavy atom. The molecule has 0 bridgehead atoms. The maximum absolute atomic E-state index is 12.1. The molecule has 0 aromatic heterocycles. The quantitative estimate of drug-likeness (QED) is 0.814. The summed E-state index contributed by atoms with van der Waals surface area (Å²) in [6, 6.07) is 14.0. The number of benzene rings is 2. The monoisotopic (exact) mass is 408 g/mol. The Bertz CT molecular complexity index is 910. The molecule has 7 nitrogen and oxygen atoms in total. The molecule has 2 amide bonds. The fourth-order valence-corrected chi connectivity index (χ4v) is 3.91. The fourth-order valence-electron chi connectivity index (χ4n) is 2.89. The minimum Gasteiger partial charge on any atom is -0.369 e. The molecule has 1 aliphatic heterocycles. The van der Waals surface area contributed by atoms with Gasteiger partial charge in [0.25, 0.3) is 0 Å². The molecular weight excluding hydrogens is 388 g/mol.